The van der Waals surface area contributed by atoms with E-state index in [2.05, 4.69) is 5.32 Å². The normalized spacial score (nSPS) is 21.4. The highest BCUT2D eigenvalue weighted by Crippen LogP contribution is 2.23. The molecule has 1 fully saturated rings. The fraction of sp³-hybridized carbons (Fsp3) is 0.875. The Kier molecular flexibility index (Phi) is 5.84. The second-order valence-corrected chi connectivity index (χ2v) is 8.04. The number of nitrogens with one attached hydrogen (secondary N) is 1. The van der Waals surface area contributed by atoms with Gasteiger partial charge in [-0.25, -0.2) is 4.79 Å². The molecule has 1 amide bonds. The molecule has 0 saturated carbocycles. The number of ether oxygens (including phenoxy) is 1. The molecule has 0 aliphatic carbocycles. The summed E-state index contributed by atoms with van der Waals surface area (Å²) in [7, 11) is 0. The molecule has 0 spiro atoms. The molecular formula is C16H30N2O4. The Bertz CT molecular complexity index is 409. The van der Waals surface area contributed by atoms with E-state index in [1.807, 2.05) is 41.5 Å². The second kappa shape index (κ2) is 6.86. The third kappa shape index (κ3) is 6.22. The van der Waals surface area contributed by atoms with E-state index in [0.717, 1.165) is 12.8 Å². The van der Waals surface area contributed by atoms with Gasteiger partial charge < -0.3 is 14.7 Å². The first-order valence-corrected chi connectivity index (χ1v) is 7.87. The summed E-state index contributed by atoms with van der Waals surface area (Å²) in [6.45, 7) is 12.3. The molecule has 1 saturated heterocycles. The van der Waals surface area contributed by atoms with Gasteiger partial charge in [-0.1, -0.05) is 0 Å². The van der Waals surface area contributed by atoms with Crippen molar-refractivity contribution >= 4 is 12.1 Å². The standard InChI is InChI=1S/C16H30N2O4/c1-15(2,3)17-12(13(19)20)11-8-7-9-18(10-11)14(21)22-16(4,5)6/h11-12,17H,7-10H2,1-6H3,(H,19,20). The fourth-order valence-electron chi connectivity index (χ4n) is 2.62. The van der Waals surface area contributed by atoms with Crippen molar-refractivity contribution in [1.29, 1.82) is 0 Å². The Balaban J connectivity index is 2.75. The number of aliphatic carboxylic acids is 1. The van der Waals surface area contributed by atoms with Crippen molar-refractivity contribution in [1.82, 2.24) is 10.2 Å². The number of carboxylic acid groups (broad SMARTS) is 1. The molecule has 0 aromatic carbocycles. The molecule has 0 aromatic heterocycles. The highest BCUT2D eigenvalue weighted by atomic mass is 16.6. The van der Waals surface area contributed by atoms with Crippen LogP contribution >= 0.6 is 0 Å². The van der Waals surface area contributed by atoms with Crippen molar-refractivity contribution in [3.8, 4) is 0 Å². The summed E-state index contributed by atoms with van der Waals surface area (Å²) in [6, 6.07) is -0.662. The molecular weight excluding hydrogens is 284 g/mol. The number of hydrogen-bond acceptors (Lipinski definition) is 4. The van der Waals surface area contributed by atoms with Gasteiger partial charge in [0.1, 0.15) is 11.6 Å². The average Bonchev–Trinajstić information content (AvgIpc) is 2.32. The fourth-order valence-corrected chi connectivity index (χ4v) is 2.62. The van der Waals surface area contributed by atoms with E-state index in [1.54, 1.807) is 4.90 Å². The first-order valence-electron chi connectivity index (χ1n) is 7.87. The third-order valence-corrected chi connectivity index (χ3v) is 3.44. The zero-order chi connectivity index (χ0) is 17.1. The molecule has 6 nitrogen and oxygen atoms in total. The first kappa shape index (κ1) is 18.7. The van der Waals surface area contributed by atoms with Crippen LogP contribution in [0.4, 0.5) is 4.79 Å². The van der Waals surface area contributed by atoms with Gasteiger partial charge in [0.15, 0.2) is 0 Å². The molecule has 1 aliphatic heterocycles. The van der Waals surface area contributed by atoms with Crippen molar-refractivity contribution in [2.24, 2.45) is 5.92 Å². The lowest BCUT2D eigenvalue weighted by Gasteiger charge is -2.38. The zero-order valence-electron chi connectivity index (χ0n) is 14.6. The van der Waals surface area contributed by atoms with Crippen LogP contribution in [0.3, 0.4) is 0 Å². The van der Waals surface area contributed by atoms with Gasteiger partial charge in [-0.15, -0.1) is 0 Å². The SMILES string of the molecule is CC(C)(C)NC(C(=O)O)C1CCCN(C(=O)OC(C)(C)C)C1. The van der Waals surface area contributed by atoms with Crippen molar-refractivity contribution in [2.75, 3.05) is 13.1 Å². The largest absolute Gasteiger partial charge is 0.480 e. The molecule has 128 valence electrons. The number of likely N-dealkylation sites (tertiary alicyclic amines) is 1. The van der Waals surface area contributed by atoms with E-state index in [0.29, 0.717) is 13.1 Å². The molecule has 6 heteroatoms. The maximum atomic E-state index is 12.2. The van der Waals surface area contributed by atoms with Gasteiger partial charge in [-0.3, -0.25) is 10.1 Å². The number of carbonyl (C=O) groups is 2. The molecule has 1 heterocycles. The Hall–Kier alpha value is -1.30. The van der Waals surface area contributed by atoms with Crippen LogP contribution < -0.4 is 5.32 Å². The van der Waals surface area contributed by atoms with E-state index in [4.69, 9.17) is 4.74 Å². The predicted octanol–water partition coefficient (Wildman–Crippen LogP) is 2.47. The van der Waals surface area contributed by atoms with E-state index < -0.39 is 17.6 Å². The number of piperidine rings is 1. The van der Waals surface area contributed by atoms with Gasteiger partial charge >= 0.3 is 12.1 Å². The van der Waals surface area contributed by atoms with Crippen LogP contribution in [0.15, 0.2) is 0 Å². The molecule has 2 N–H and O–H groups in total. The van der Waals surface area contributed by atoms with Gasteiger partial charge in [0.2, 0.25) is 0 Å². The lowest BCUT2D eigenvalue weighted by atomic mass is 9.89. The molecule has 0 radical (unpaired) electrons. The van der Waals surface area contributed by atoms with Crippen molar-refractivity contribution in [3.63, 3.8) is 0 Å². The Morgan fingerprint density at radius 3 is 2.27 bits per heavy atom. The monoisotopic (exact) mass is 314 g/mol. The van der Waals surface area contributed by atoms with E-state index in [-0.39, 0.29) is 17.6 Å². The molecule has 22 heavy (non-hydrogen) atoms. The summed E-state index contributed by atoms with van der Waals surface area (Å²) < 4.78 is 5.39. The van der Waals surface area contributed by atoms with Gasteiger partial charge in [-0.05, 0) is 54.4 Å². The molecule has 0 aromatic rings. The van der Waals surface area contributed by atoms with Crippen molar-refractivity contribution < 1.29 is 19.4 Å². The average molecular weight is 314 g/mol. The minimum absolute atomic E-state index is 0.113. The van der Waals surface area contributed by atoms with Crippen LogP contribution in [0.1, 0.15) is 54.4 Å². The molecule has 2 atom stereocenters. The highest BCUT2D eigenvalue weighted by molar-refractivity contribution is 5.74. The molecule has 1 rings (SSSR count). The Morgan fingerprint density at radius 2 is 1.82 bits per heavy atom. The summed E-state index contributed by atoms with van der Waals surface area (Å²) in [4.78, 5) is 25.4. The topological polar surface area (TPSA) is 78.9 Å². The van der Waals surface area contributed by atoms with Crippen LogP contribution in [0.5, 0.6) is 0 Å². The molecule has 1 aliphatic rings. The van der Waals surface area contributed by atoms with E-state index >= 15 is 0 Å². The van der Waals surface area contributed by atoms with Crippen LogP contribution in [-0.2, 0) is 9.53 Å². The Morgan fingerprint density at radius 1 is 1.23 bits per heavy atom. The minimum atomic E-state index is -0.869. The predicted molar refractivity (Wildman–Crippen MR) is 84.8 cm³/mol. The molecule has 2 unspecified atom stereocenters. The summed E-state index contributed by atoms with van der Waals surface area (Å²) in [5.74, 6) is -0.982. The maximum absolute atomic E-state index is 12.2. The van der Waals surface area contributed by atoms with Gasteiger partial charge in [0.05, 0.1) is 0 Å². The first-order chi connectivity index (χ1) is 9.89. The zero-order valence-corrected chi connectivity index (χ0v) is 14.6. The highest BCUT2D eigenvalue weighted by Gasteiger charge is 2.36. The van der Waals surface area contributed by atoms with Crippen molar-refractivity contribution in [3.05, 3.63) is 0 Å². The van der Waals surface area contributed by atoms with E-state index in [1.165, 1.54) is 0 Å². The lowest BCUT2D eigenvalue weighted by molar-refractivity contribution is -0.142. The quantitative estimate of drug-likeness (QED) is 0.836. The lowest BCUT2D eigenvalue weighted by Crippen LogP contribution is -2.56. The van der Waals surface area contributed by atoms with Crippen LogP contribution in [-0.4, -0.2) is 52.3 Å². The number of amides is 1. The number of carboxylic acids is 1. The van der Waals surface area contributed by atoms with Crippen LogP contribution in [0.2, 0.25) is 0 Å². The number of carbonyl (C=O) groups excluding carboxylic acids is 1. The number of rotatable bonds is 3. The third-order valence-electron chi connectivity index (χ3n) is 3.44. The second-order valence-electron chi connectivity index (χ2n) is 8.04. The maximum Gasteiger partial charge on any atom is 0.410 e. The summed E-state index contributed by atoms with van der Waals surface area (Å²) in [5, 5.41) is 12.7. The van der Waals surface area contributed by atoms with Crippen LogP contribution in [0.25, 0.3) is 0 Å². The number of hydrogen-bond donors (Lipinski definition) is 2. The Labute approximate surface area is 133 Å². The smallest absolute Gasteiger partial charge is 0.410 e. The summed E-state index contributed by atoms with van der Waals surface area (Å²) in [5.41, 5.74) is -0.836. The van der Waals surface area contributed by atoms with E-state index in [9.17, 15) is 14.7 Å². The minimum Gasteiger partial charge on any atom is -0.480 e. The van der Waals surface area contributed by atoms with Gasteiger partial charge in [-0.2, -0.15) is 0 Å². The van der Waals surface area contributed by atoms with Crippen molar-refractivity contribution in [2.45, 2.75) is 71.6 Å². The summed E-state index contributed by atoms with van der Waals surface area (Å²) in [6.07, 6.45) is 1.22. The van der Waals surface area contributed by atoms with Gasteiger partial charge in [0.25, 0.3) is 0 Å². The summed E-state index contributed by atoms with van der Waals surface area (Å²) >= 11 is 0. The molecule has 0 bridgehead atoms. The number of nitrogens with zero attached hydrogens (tertiary/aromatic N) is 1. The van der Waals surface area contributed by atoms with Gasteiger partial charge in [0, 0.05) is 24.5 Å². The van der Waals surface area contributed by atoms with Crippen LogP contribution in [0, 0.1) is 5.92 Å².